The van der Waals surface area contributed by atoms with Crippen LogP contribution in [-0.2, 0) is 12.0 Å². The summed E-state index contributed by atoms with van der Waals surface area (Å²) in [7, 11) is 1.65. The molecule has 0 saturated carbocycles. The number of hydrogen-bond acceptors (Lipinski definition) is 3. The lowest BCUT2D eigenvalue weighted by Gasteiger charge is -2.45. The van der Waals surface area contributed by atoms with Gasteiger partial charge in [-0.15, -0.1) is 0 Å². The van der Waals surface area contributed by atoms with Gasteiger partial charge in [0, 0.05) is 5.41 Å². The highest BCUT2D eigenvalue weighted by molar-refractivity contribution is 7.80. The van der Waals surface area contributed by atoms with Gasteiger partial charge in [0.2, 0.25) is 0 Å². The zero-order valence-electron chi connectivity index (χ0n) is 19.4. The number of aliphatic hydroxyl groups is 1. The quantitative estimate of drug-likeness (QED) is 0.300. The monoisotopic (exact) mass is 444 g/mol. The van der Waals surface area contributed by atoms with Crippen molar-refractivity contribution in [2.75, 3.05) is 12.9 Å². The van der Waals surface area contributed by atoms with Crippen LogP contribution in [0.15, 0.2) is 36.4 Å². The minimum atomic E-state index is -1.07. The van der Waals surface area contributed by atoms with Crippen LogP contribution in [0.2, 0.25) is 0 Å². The van der Waals surface area contributed by atoms with Gasteiger partial charge in [-0.3, -0.25) is 0 Å². The molecule has 4 heteroatoms. The summed E-state index contributed by atoms with van der Waals surface area (Å²) in [5.41, 5.74) is 1.88. The lowest BCUT2D eigenvalue weighted by molar-refractivity contribution is -0.113. The zero-order valence-corrected chi connectivity index (χ0v) is 20.3. The van der Waals surface area contributed by atoms with Gasteiger partial charge in [0.05, 0.1) is 12.7 Å². The highest BCUT2D eigenvalue weighted by Gasteiger charge is 2.56. The number of unbranched alkanes of at least 4 members (excludes halogenated alkanes) is 2. The second-order valence-electron chi connectivity index (χ2n) is 9.56. The topological polar surface area (TPSA) is 29.5 Å². The van der Waals surface area contributed by atoms with Crippen molar-refractivity contribution in [2.24, 2.45) is 11.3 Å². The minimum Gasteiger partial charge on any atom is -0.497 e. The first-order chi connectivity index (χ1) is 14.8. The summed E-state index contributed by atoms with van der Waals surface area (Å²) in [5, 5.41) is 12.5. The maximum absolute atomic E-state index is 15.1. The Morgan fingerprint density at radius 3 is 2.39 bits per heavy atom. The van der Waals surface area contributed by atoms with Crippen LogP contribution in [0.25, 0.3) is 11.1 Å². The van der Waals surface area contributed by atoms with Crippen molar-refractivity contribution in [1.29, 1.82) is 0 Å². The fourth-order valence-electron chi connectivity index (χ4n) is 5.50. The van der Waals surface area contributed by atoms with Crippen LogP contribution in [0.1, 0.15) is 70.4 Å². The molecule has 2 aromatic carbocycles. The summed E-state index contributed by atoms with van der Waals surface area (Å²) in [4.78, 5) is 0. The molecule has 0 amide bonds. The van der Waals surface area contributed by atoms with Crippen molar-refractivity contribution in [3.05, 3.63) is 53.3 Å². The average molecular weight is 445 g/mol. The molecule has 0 fully saturated rings. The molecule has 2 aromatic rings. The van der Waals surface area contributed by atoms with E-state index in [0.717, 1.165) is 66.7 Å². The number of halogens is 1. The fourth-order valence-corrected chi connectivity index (χ4v) is 5.73. The van der Waals surface area contributed by atoms with Gasteiger partial charge < -0.3 is 9.84 Å². The van der Waals surface area contributed by atoms with Gasteiger partial charge in [-0.05, 0) is 77.8 Å². The largest absolute Gasteiger partial charge is 0.497 e. The molecule has 1 aliphatic carbocycles. The summed E-state index contributed by atoms with van der Waals surface area (Å²) in [6.45, 7) is 6.37. The van der Waals surface area contributed by atoms with Crippen LogP contribution in [0.5, 0.6) is 5.75 Å². The smallest absolute Gasteiger partial charge is 0.126 e. The maximum atomic E-state index is 15.1. The lowest BCUT2D eigenvalue weighted by Crippen LogP contribution is -2.45. The van der Waals surface area contributed by atoms with Crippen LogP contribution in [-0.4, -0.2) is 18.0 Å². The second-order valence-corrected chi connectivity index (χ2v) is 10.0. The molecule has 0 radical (unpaired) electrons. The minimum absolute atomic E-state index is 0.0902. The molecule has 0 bridgehead atoms. The van der Waals surface area contributed by atoms with E-state index >= 15 is 4.39 Å². The molecule has 31 heavy (non-hydrogen) atoms. The number of hydrogen-bond donors (Lipinski definition) is 2. The van der Waals surface area contributed by atoms with Crippen LogP contribution in [0.3, 0.4) is 0 Å². The SMILES string of the molecule is CCCC(CCCCCS)C1(O)c2c(-c3ccc(OC)cc3)ccc(F)c2CC1(C)C. The van der Waals surface area contributed by atoms with E-state index in [9.17, 15) is 5.11 Å². The molecule has 170 valence electrons. The number of methoxy groups -OCH3 is 1. The number of rotatable bonds is 10. The van der Waals surface area contributed by atoms with E-state index in [0.29, 0.717) is 12.0 Å². The third kappa shape index (κ3) is 4.52. The van der Waals surface area contributed by atoms with Gasteiger partial charge in [0.1, 0.15) is 11.6 Å². The van der Waals surface area contributed by atoms with E-state index in [1.165, 1.54) is 0 Å². The molecule has 3 rings (SSSR count). The first-order valence-electron chi connectivity index (χ1n) is 11.6. The Labute approximate surface area is 192 Å². The Morgan fingerprint density at radius 2 is 1.77 bits per heavy atom. The number of ether oxygens (including phenoxy) is 1. The van der Waals surface area contributed by atoms with Gasteiger partial charge >= 0.3 is 0 Å². The Kier molecular flexibility index (Phi) is 7.75. The predicted octanol–water partition coefficient (Wildman–Crippen LogP) is 7.18. The molecule has 0 aromatic heterocycles. The molecule has 0 saturated heterocycles. The number of thiol groups is 1. The highest BCUT2D eigenvalue weighted by Crippen LogP contribution is 2.59. The van der Waals surface area contributed by atoms with Gasteiger partial charge in [-0.25, -0.2) is 4.39 Å². The Bertz CT molecular complexity index is 878. The van der Waals surface area contributed by atoms with Crippen molar-refractivity contribution in [1.82, 2.24) is 0 Å². The summed E-state index contributed by atoms with van der Waals surface area (Å²) in [5.74, 6) is 1.56. The molecule has 2 unspecified atom stereocenters. The summed E-state index contributed by atoms with van der Waals surface area (Å²) < 4.78 is 20.4. The van der Waals surface area contributed by atoms with E-state index in [1.54, 1.807) is 13.2 Å². The number of benzene rings is 2. The summed E-state index contributed by atoms with van der Waals surface area (Å²) in [6.07, 6.45) is 6.68. The molecule has 0 spiro atoms. The maximum Gasteiger partial charge on any atom is 0.126 e. The zero-order chi connectivity index (χ0) is 22.6. The van der Waals surface area contributed by atoms with Crippen molar-refractivity contribution in [3.8, 4) is 16.9 Å². The molecule has 0 aliphatic heterocycles. The first-order valence-corrected chi connectivity index (χ1v) is 12.2. The molecule has 2 nitrogen and oxygen atoms in total. The van der Waals surface area contributed by atoms with Gasteiger partial charge in [-0.1, -0.05) is 58.2 Å². The van der Waals surface area contributed by atoms with Crippen LogP contribution >= 0.6 is 12.6 Å². The predicted molar refractivity (Wildman–Crippen MR) is 130 cm³/mol. The van der Waals surface area contributed by atoms with Gasteiger partial charge in [0.25, 0.3) is 0 Å². The van der Waals surface area contributed by atoms with Crippen LogP contribution < -0.4 is 4.74 Å². The van der Waals surface area contributed by atoms with E-state index in [1.807, 2.05) is 30.3 Å². The van der Waals surface area contributed by atoms with E-state index in [-0.39, 0.29) is 11.7 Å². The molecule has 1 N–H and O–H groups in total. The van der Waals surface area contributed by atoms with Crippen molar-refractivity contribution >= 4 is 12.6 Å². The Morgan fingerprint density at radius 1 is 1.06 bits per heavy atom. The second kappa shape index (κ2) is 9.95. The van der Waals surface area contributed by atoms with Crippen LogP contribution in [0, 0.1) is 17.2 Å². The normalized spacial score (nSPS) is 20.5. The highest BCUT2D eigenvalue weighted by atomic mass is 32.1. The fraction of sp³-hybridized carbons (Fsp3) is 0.556. The van der Waals surface area contributed by atoms with Gasteiger partial charge in [0.15, 0.2) is 0 Å². The number of fused-ring (bicyclic) bond motifs is 1. The van der Waals surface area contributed by atoms with Crippen molar-refractivity contribution < 1.29 is 14.2 Å². The molecule has 0 heterocycles. The summed E-state index contributed by atoms with van der Waals surface area (Å²) in [6, 6.07) is 11.2. The summed E-state index contributed by atoms with van der Waals surface area (Å²) >= 11 is 4.33. The van der Waals surface area contributed by atoms with Crippen molar-refractivity contribution in [3.63, 3.8) is 0 Å². The molecular formula is C27H37FO2S. The molecule has 1 aliphatic rings. The lowest BCUT2D eigenvalue weighted by atomic mass is 9.64. The van der Waals surface area contributed by atoms with E-state index in [4.69, 9.17) is 4.74 Å². The van der Waals surface area contributed by atoms with Gasteiger partial charge in [-0.2, -0.15) is 12.6 Å². The third-order valence-electron chi connectivity index (χ3n) is 7.13. The Hall–Kier alpha value is -1.52. The molecule has 2 atom stereocenters. The standard InChI is InChI=1S/C27H37FO2S/c1-5-9-20(10-7-6-8-17-31)27(29)25-22(19-11-13-21(30-4)14-12-19)15-16-24(28)23(25)18-26(27,2)3/h11-16,20,29,31H,5-10,17-18H2,1-4H3. The Balaban J connectivity index is 2.12. The third-order valence-corrected chi connectivity index (χ3v) is 7.44. The van der Waals surface area contributed by atoms with E-state index in [2.05, 4.69) is 33.4 Å². The van der Waals surface area contributed by atoms with E-state index < -0.39 is 11.0 Å². The van der Waals surface area contributed by atoms with Crippen molar-refractivity contribution in [2.45, 2.75) is 71.3 Å². The first kappa shape index (κ1) is 24.1. The molecular weight excluding hydrogens is 407 g/mol. The van der Waals surface area contributed by atoms with Crippen LogP contribution in [0.4, 0.5) is 4.39 Å². The average Bonchev–Trinajstić information content (AvgIpc) is 2.98.